The molecule has 0 bridgehead atoms. The molecule has 0 aliphatic carbocycles. The number of hydrogen-bond donors (Lipinski definition) is 0. The molecule has 1 rings (SSSR count). The van der Waals surface area contributed by atoms with Crippen LogP contribution >= 0.6 is 23.4 Å². The third-order valence-corrected chi connectivity index (χ3v) is 7.19. The standard InChI is InChI=1S/C9H17ClOSSe/c1-3-4-5-12-9(2)11-8(6-10)7-13-9/h8H,3-7H2,1-2H3/t8-,9+/m1/s1. The predicted molar refractivity (Wildman–Crippen MR) is 61.9 cm³/mol. The normalized spacial score (nSPS) is 33.9. The van der Waals surface area contributed by atoms with E-state index in [1.54, 1.807) is 0 Å². The summed E-state index contributed by atoms with van der Waals surface area (Å²) in [6.45, 7) is 4.45. The Balaban J connectivity index is 2.23. The second kappa shape index (κ2) is 5.87. The van der Waals surface area contributed by atoms with E-state index >= 15 is 0 Å². The summed E-state index contributed by atoms with van der Waals surface area (Å²) in [6.07, 6.45) is 2.89. The van der Waals surface area contributed by atoms with Crippen LogP contribution in [0.15, 0.2) is 0 Å². The fourth-order valence-corrected chi connectivity index (χ4v) is 5.97. The van der Waals surface area contributed by atoms with Gasteiger partial charge in [0.15, 0.2) is 0 Å². The van der Waals surface area contributed by atoms with Crippen LogP contribution in [0, 0.1) is 0 Å². The first-order valence-corrected chi connectivity index (χ1v) is 8.30. The zero-order valence-corrected chi connectivity index (χ0v) is 11.5. The van der Waals surface area contributed by atoms with Crippen LogP contribution in [0.3, 0.4) is 0 Å². The number of hydrogen-bond acceptors (Lipinski definition) is 2. The number of unbranched alkanes of at least 4 members (excludes halogenated alkanes) is 1. The van der Waals surface area contributed by atoms with Gasteiger partial charge in [0, 0.05) is 0 Å². The number of halogens is 1. The second-order valence-corrected chi connectivity index (χ2v) is 8.58. The van der Waals surface area contributed by atoms with E-state index in [-0.39, 0.29) is 3.83 Å². The Kier molecular flexibility index (Phi) is 5.50. The predicted octanol–water partition coefficient (Wildman–Crippen LogP) is 2.95. The van der Waals surface area contributed by atoms with Crippen molar-refractivity contribution in [3.8, 4) is 0 Å². The Labute approximate surface area is 96.5 Å². The van der Waals surface area contributed by atoms with Crippen molar-refractivity contribution < 1.29 is 4.74 Å². The van der Waals surface area contributed by atoms with Crippen LogP contribution in [0.1, 0.15) is 26.7 Å². The van der Waals surface area contributed by atoms with Gasteiger partial charge in [0.1, 0.15) is 0 Å². The molecule has 4 heteroatoms. The Bertz CT molecular complexity index is 159. The summed E-state index contributed by atoms with van der Waals surface area (Å²) in [5.74, 6) is 1.88. The average Bonchev–Trinajstić information content (AvgIpc) is 2.49. The van der Waals surface area contributed by atoms with Crippen LogP contribution in [0.25, 0.3) is 0 Å². The van der Waals surface area contributed by atoms with Gasteiger partial charge >= 0.3 is 96.6 Å². The van der Waals surface area contributed by atoms with Crippen molar-refractivity contribution in [1.29, 1.82) is 0 Å². The molecule has 2 atom stereocenters. The van der Waals surface area contributed by atoms with Crippen molar-refractivity contribution in [2.75, 3.05) is 11.6 Å². The first-order valence-electron chi connectivity index (χ1n) is 4.72. The molecule has 78 valence electrons. The SMILES string of the molecule is CCCCS[C@]1(C)O[C@H](CCl)C[Se]1. The zero-order chi connectivity index (χ0) is 9.73. The first kappa shape index (κ1) is 12.2. The fourth-order valence-electron chi connectivity index (χ4n) is 1.17. The molecule has 1 fully saturated rings. The summed E-state index contributed by atoms with van der Waals surface area (Å²) in [6, 6.07) is 0. The maximum absolute atomic E-state index is 5.90. The van der Waals surface area contributed by atoms with E-state index in [0.717, 1.165) is 0 Å². The molecule has 0 radical (unpaired) electrons. The third kappa shape index (κ3) is 4.01. The molecule has 0 saturated carbocycles. The van der Waals surface area contributed by atoms with Crippen LogP contribution in [0.2, 0.25) is 5.32 Å². The molecule has 1 nitrogen and oxygen atoms in total. The molecule has 0 aromatic heterocycles. The van der Waals surface area contributed by atoms with Crippen molar-refractivity contribution in [2.24, 2.45) is 0 Å². The van der Waals surface area contributed by atoms with E-state index in [0.29, 0.717) is 26.9 Å². The van der Waals surface area contributed by atoms with E-state index in [1.165, 1.54) is 23.9 Å². The zero-order valence-electron chi connectivity index (χ0n) is 8.22. The number of ether oxygens (including phenoxy) is 1. The van der Waals surface area contributed by atoms with E-state index in [4.69, 9.17) is 16.3 Å². The minimum absolute atomic E-state index is 0.113. The molecule has 1 aliphatic heterocycles. The molecule has 0 unspecified atom stereocenters. The van der Waals surface area contributed by atoms with Crippen LogP contribution in [-0.4, -0.2) is 36.5 Å². The first-order chi connectivity index (χ1) is 6.20. The quantitative estimate of drug-likeness (QED) is 0.437. The Morgan fingerprint density at radius 2 is 2.46 bits per heavy atom. The van der Waals surface area contributed by atoms with Gasteiger partial charge in [-0.2, -0.15) is 0 Å². The van der Waals surface area contributed by atoms with Crippen molar-refractivity contribution in [2.45, 2.75) is 41.9 Å². The molecule has 0 aromatic rings. The maximum atomic E-state index is 5.90. The average molecular weight is 288 g/mol. The van der Waals surface area contributed by atoms with Crippen LogP contribution in [0.5, 0.6) is 0 Å². The second-order valence-electron chi connectivity index (χ2n) is 3.27. The summed E-state index contributed by atoms with van der Waals surface area (Å²) in [5.41, 5.74) is 0. The monoisotopic (exact) mass is 288 g/mol. The Morgan fingerprint density at radius 1 is 1.69 bits per heavy atom. The van der Waals surface area contributed by atoms with Gasteiger partial charge in [0.05, 0.1) is 0 Å². The summed E-state index contributed by atoms with van der Waals surface area (Å²) in [7, 11) is 0. The van der Waals surface area contributed by atoms with Gasteiger partial charge in [-0.25, -0.2) is 0 Å². The van der Waals surface area contributed by atoms with Gasteiger partial charge in [0.25, 0.3) is 0 Å². The molecule has 1 saturated heterocycles. The number of thioether (sulfide) groups is 1. The van der Waals surface area contributed by atoms with Crippen molar-refractivity contribution >= 4 is 38.3 Å². The van der Waals surface area contributed by atoms with E-state index in [2.05, 4.69) is 13.8 Å². The summed E-state index contributed by atoms with van der Waals surface area (Å²) in [5, 5.41) is 1.19. The topological polar surface area (TPSA) is 9.23 Å². The summed E-state index contributed by atoms with van der Waals surface area (Å²) < 4.78 is 6.02. The van der Waals surface area contributed by atoms with Gasteiger partial charge < -0.3 is 0 Å². The molecule has 1 heterocycles. The Morgan fingerprint density at radius 3 is 3.00 bits per heavy atom. The van der Waals surface area contributed by atoms with Gasteiger partial charge in [-0.15, -0.1) is 0 Å². The minimum atomic E-state index is 0.113. The van der Waals surface area contributed by atoms with Gasteiger partial charge in [0.2, 0.25) is 0 Å². The number of rotatable bonds is 5. The molecule has 0 N–H and O–H groups in total. The van der Waals surface area contributed by atoms with Crippen LogP contribution < -0.4 is 0 Å². The fraction of sp³-hybridized carbons (Fsp3) is 1.00. The third-order valence-electron chi connectivity index (χ3n) is 1.95. The van der Waals surface area contributed by atoms with E-state index < -0.39 is 0 Å². The molecular weight excluding hydrogens is 271 g/mol. The molecule has 13 heavy (non-hydrogen) atoms. The van der Waals surface area contributed by atoms with Crippen molar-refractivity contribution in [3.63, 3.8) is 0 Å². The molecule has 0 amide bonds. The molecule has 0 spiro atoms. The molecule has 0 aromatic carbocycles. The van der Waals surface area contributed by atoms with Crippen LogP contribution in [-0.2, 0) is 4.74 Å². The van der Waals surface area contributed by atoms with Gasteiger partial charge in [-0.1, -0.05) is 0 Å². The van der Waals surface area contributed by atoms with Gasteiger partial charge in [-0.3, -0.25) is 0 Å². The summed E-state index contributed by atoms with van der Waals surface area (Å²) in [4.78, 5) is 0. The molecular formula is C9H17ClOSSe. The molecule has 1 aliphatic rings. The summed E-state index contributed by atoms with van der Waals surface area (Å²) >= 11 is 8.35. The van der Waals surface area contributed by atoms with Gasteiger partial charge in [-0.05, 0) is 0 Å². The van der Waals surface area contributed by atoms with E-state index in [1.807, 2.05) is 11.8 Å². The van der Waals surface area contributed by atoms with Crippen molar-refractivity contribution in [1.82, 2.24) is 0 Å². The Hall–Kier alpha value is 1.12. The van der Waals surface area contributed by atoms with E-state index in [9.17, 15) is 0 Å². The van der Waals surface area contributed by atoms with Crippen molar-refractivity contribution in [3.05, 3.63) is 0 Å². The van der Waals surface area contributed by atoms with Crippen LogP contribution in [0.4, 0.5) is 0 Å². The number of alkyl halides is 1.